The first-order valence-electron chi connectivity index (χ1n) is 6.12. The molecule has 2 N–H and O–H groups in total. The summed E-state index contributed by atoms with van der Waals surface area (Å²) in [5, 5.41) is 12.2. The van der Waals surface area contributed by atoms with E-state index in [2.05, 4.69) is 10.0 Å². The predicted octanol–water partition coefficient (Wildman–Crippen LogP) is 2.38. The molecule has 6 nitrogen and oxygen atoms in total. The molecule has 0 aromatic heterocycles. The second kappa shape index (κ2) is 8.97. The Hall–Kier alpha value is -2.04. The van der Waals surface area contributed by atoms with Gasteiger partial charge in [-0.15, -0.1) is 0 Å². The van der Waals surface area contributed by atoms with Crippen LogP contribution in [0.3, 0.4) is 0 Å². The SMILES string of the molecule is N=[N+]=NC(CCCOCc1ccccc1)CC(=O)O. The molecule has 0 saturated carbocycles. The van der Waals surface area contributed by atoms with Gasteiger partial charge in [0.05, 0.1) is 13.0 Å². The van der Waals surface area contributed by atoms with Gasteiger partial charge in [-0.05, 0) is 18.4 Å². The van der Waals surface area contributed by atoms with Crippen LogP contribution in [0.5, 0.6) is 0 Å². The Morgan fingerprint density at radius 3 is 2.79 bits per heavy atom. The fourth-order valence-corrected chi connectivity index (χ4v) is 1.67. The van der Waals surface area contributed by atoms with Crippen LogP contribution in [-0.2, 0) is 16.1 Å². The quantitative estimate of drug-likeness (QED) is 0.407. The number of nitrogens with one attached hydrogen (secondary N) is 1. The third-order valence-corrected chi connectivity index (χ3v) is 2.57. The van der Waals surface area contributed by atoms with Crippen molar-refractivity contribution in [3.8, 4) is 0 Å². The highest BCUT2D eigenvalue weighted by Crippen LogP contribution is 2.07. The lowest BCUT2D eigenvalue weighted by Gasteiger charge is -2.05. The maximum Gasteiger partial charge on any atom is 0.305 e. The summed E-state index contributed by atoms with van der Waals surface area (Å²) in [5.41, 5.74) is 7.75. The molecule has 1 rings (SSSR count). The van der Waals surface area contributed by atoms with E-state index in [-0.39, 0.29) is 6.42 Å². The average Bonchev–Trinajstić information content (AvgIpc) is 2.39. The number of hydrogen-bond acceptors (Lipinski definition) is 4. The smallest absolute Gasteiger partial charge is 0.305 e. The summed E-state index contributed by atoms with van der Waals surface area (Å²) < 4.78 is 5.49. The zero-order valence-electron chi connectivity index (χ0n) is 10.7. The van der Waals surface area contributed by atoms with Crippen molar-refractivity contribution in [1.82, 2.24) is 4.91 Å². The van der Waals surface area contributed by atoms with Gasteiger partial charge in [0.25, 0.3) is 0 Å². The summed E-state index contributed by atoms with van der Waals surface area (Å²) in [6, 6.07) is 9.40. The van der Waals surface area contributed by atoms with Crippen LogP contribution in [0, 0.1) is 5.53 Å². The predicted molar refractivity (Wildman–Crippen MR) is 68.7 cm³/mol. The molecule has 0 aliphatic heterocycles. The molecule has 0 aliphatic rings. The summed E-state index contributed by atoms with van der Waals surface area (Å²) in [6.45, 7) is 1.09. The normalized spacial score (nSPS) is 11.6. The highest BCUT2D eigenvalue weighted by Gasteiger charge is 2.16. The number of nitrogens with zero attached hydrogens (tertiary/aromatic N) is 2. The van der Waals surface area contributed by atoms with E-state index in [4.69, 9.17) is 15.4 Å². The van der Waals surface area contributed by atoms with E-state index in [1.54, 1.807) is 0 Å². The molecule has 0 fully saturated rings. The molecule has 0 heterocycles. The highest BCUT2D eigenvalue weighted by atomic mass is 16.5. The number of ether oxygens (including phenoxy) is 1. The Balaban J connectivity index is 2.18. The molecule has 19 heavy (non-hydrogen) atoms. The van der Waals surface area contributed by atoms with E-state index in [1.807, 2.05) is 30.3 Å². The van der Waals surface area contributed by atoms with Gasteiger partial charge in [0.15, 0.2) is 0 Å². The minimum Gasteiger partial charge on any atom is -0.481 e. The van der Waals surface area contributed by atoms with Gasteiger partial charge < -0.3 is 9.84 Å². The number of aliphatic carboxylic acids is 1. The molecule has 0 amide bonds. The van der Waals surface area contributed by atoms with E-state index in [0.717, 1.165) is 5.56 Å². The molecule has 1 aromatic rings. The summed E-state index contributed by atoms with van der Waals surface area (Å²) in [6.07, 6.45) is 1.16. The van der Waals surface area contributed by atoms with Crippen molar-refractivity contribution in [2.45, 2.75) is 31.9 Å². The zero-order chi connectivity index (χ0) is 13.9. The topological polar surface area (TPSA) is 96.8 Å². The van der Waals surface area contributed by atoms with Crippen LogP contribution in [0.1, 0.15) is 24.8 Å². The molecular formula is C13H18N3O3+. The summed E-state index contributed by atoms with van der Waals surface area (Å²) in [5.74, 6) is -0.928. The monoisotopic (exact) mass is 264 g/mol. The summed E-state index contributed by atoms with van der Waals surface area (Å²) in [4.78, 5) is 13.5. The van der Waals surface area contributed by atoms with Crippen LogP contribution in [0.4, 0.5) is 0 Å². The zero-order valence-corrected chi connectivity index (χ0v) is 10.7. The minimum absolute atomic E-state index is 0.0962. The van der Waals surface area contributed by atoms with Gasteiger partial charge >= 0.3 is 5.97 Å². The first-order chi connectivity index (χ1) is 9.22. The Kier molecular flexibility index (Phi) is 7.09. The molecule has 102 valence electrons. The van der Waals surface area contributed by atoms with Crippen molar-refractivity contribution in [3.05, 3.63) is 35.9 Å². The number of hydrogen-bond donors (Lipinski definition) is 2. The molecule has 0 spiro atoms. The minimum atomic E-state index is -0.928. The Morgan fingerprint density at radius 2 is 2.16 bits per heavy atom. The third kappa shape index (κ3) is 7.08. The van der Waals surface area contributed by atoms with Crippen molar-refractivity contribution in [2.24, 2.45) is 5.11 Å². The lowest BCUT2D eigenvalue weighted by Crippen LogP contribution is -2.12. The molecule has 1 atom stereocenters. The van der Waals surface area contributed by atoms with Crippen LogP contribution in [0.25, 0.3) is 0 Å². The van der Waals surface area contributed by atoms with Gasteiger partial charge in [0.1, 0.15) is 16.7 Å². The van der Waals surface area contributed by atoms with E-state index >= 15 is 0 Å². The van der Waals surface area contributed by atoms with E-state index < -0.39 is 12.0 Å². The molecule has 0 bridgehead atoms. The Bertz CT molecular complexity index is 430. The van der Waals surface area contributed by atoms with E-state index in [0.29, 0.717) is 26.1 Å². The van der Waals surface area contributed by atoms with Crippen LogP contribution in [0.2, 0.25) is 0 Å². The number of carboxylic acids is 1. The van der Waals surface area contributed by atoms with Crippen molar-refractivity contribution >= 4 is 5.97 Å². The molecule has 6 heteroatoms. The van der Waals surface area contributed by atoms with Crippen molar-refractivity contribution < 1.29 is 14.6 Å². The average molecular weight is 264 g/mol. The fourth-order valence-electron chi connectivity index (χ4n) is 1.67. The number of carboxylic acid groups (broad SMARTS) is 1. The largest absolute Gasteiger partial charge is 0.481 e. The first kappa shape index (κ1) is 15.0. The van der Waals surface area contributed by atoms with Crippen LogP contribution >= 0.6 is 0 Å². The van der Waals surface area contributed by atoms with Gasteiger partial charge in [-0.1, -0.05) is 30.3 Å². The second-order valence-corrected chi connectivity index (χ2v) is 4.15. The fraction of sp³-hybridized carbons (Fsp3) is 0.462. The lowest BCUT2D eigenvalue weighted by molar-refractivity contribution is -0.137. The second-order valence-electron chi connectivity index (χ2n) is 4.15. The third-order valence-electron chi connectivity index (χ3n) is 2.57. The van der Waals surface area contributed by atoms with E-state index in [9.17, 15) is 4.79 Å². The van der Waals surface area contributed by atoms with Gasteiger partial charge in [-0.25, -0.2) is 0 Å². The molecule has 1 unspecified atom stereocenters. The number of carbonyl (C=O) groups is 1. The standard InChI is InChI=1S/C13H17N3O3/c14-16-15-12(9-13(17)18)7-4-8-19-10-11-5-2-1-3-6-11/h1-3,5-6,12,14H,4,7-10H2/p+1. The molecule has 0 aliphatic carbocycles. The van der Waals surface area contributed by atoms with Gasteiger partial charge in [-0.3, -0.25) is 4.79 Å². The Morgan fingerprint density at radius 1 is 1.42 bits per heavy atom. The van der Waals surface area contributed by atoms with Gasteiger partial charge in [0.2, 0.25) is 4.91 Å². The van der Waals surface area contributed by atoms with Crippen LogP contribution < -0.4 is 4.91 Å². The molecule has 0 radical (unpaired) electrons. The van der Waals surface area contributed by atoms with Crippen molar-refractivity contribution in [1.29, 1.82) is 5.53 Å². The Labute approximate surface area is 111 Å². The maximum absolute atomic E-state index is 10.6. The van der Waals surface area contributed by atoms with Crippen molar-refractivity contribution in [2.75, 3.05) is 6.61 Å². The molecule has 1 aromatic carbocycles. The van der Waals surface area contributed by atoms with Crippen LogP contribution in [0.15, 0.2) is 35.4 Å². The first-order valence-corrected chi connectivity index (χ1v) is 6.12. The van der Waals surface area contributed by atoms with Crippen LogP contribution in [-0.4, -0.2) is 23.7 Å². The maximum atomic E-state index is 10.6. The number of benzene rings is 1. The lowest BCUT2D eigenvalue weighted by atomic mass is 10.1. The summed E-state index contributed by atoms with van der Waals surface area (Å²) >= 11 is 0. The van der Waals surface area contributed by atoms with Gasteiger partial charge in [-0.2, -0.15) is 0 Å². The van der Waals surface area contributed by atoms with Gasteiger partial charge in [0, 0.05) is 6.61 Å². The van der Waals surface area contributed by atoms with Crippen molar-refractivity contribution in [3.63, 3.8) is 0 Å². The molecule has 0 saturated heterocycles. The number of rotatable bonds is 9. The highest BCUT2D eigenvalue weighted by molar-refractivity contribution is 5.67. The van der Waals surface area contributed by atoms with E-state index in [1.165, 1.54) is 0 Å². The molecular weight excluding hydrogens is 246 g/mol. The summed E-state index contributed by atoms with van der Waals surface area (Å²) in [7, 11) is 0.